The van der Waals surface area contributed by atoms with Crippen LogP contribution in [-0.4, -0.2) is 42.4 Å². The van der Waals surface area contributed by atoms with Crippen LogP contribution in [0.1, 0.15) is 64.3 Å². The van der Waals surface area contributed by atoms with Crippen molar-refractivity contribution in [2.45, 2.75) is 53.0 Å². The average Bonchev–Trinajstić information content (AvgIpc) is 3.05. The lowest BCUT2D eigenvalue weighted by atomic mass is 9.98. The summed E-state index contributed by atoms with van der Waals surface area (Å²) in [4.78, 5) is 32.9. The van der Waals surface area contributed by atoms with Gasteiger partial charge in [0.15, 0.2) is 5.82 Å². The Morgan fingerprint density at radius 1 is 1.07 bits per heavy atom. The molecule has 3 aromatic heterocycles. The predicted octanol–water partition coefficient (Wildman–Crippen LogP) is 3.52. The molecule has 1 amide bonds. The Morgan fingerprint density at radius 3 is 2.59 bits per heavy atom. The summed E-state index contributed by atoms with van der Waals surface area (Å²) in [6.07, 6.45) is 6.02. The summed E-state index contributed by atoms with van der Waals surface area (Å²) >= 11 is 0. The molecular weight excluding hydrogens is 368 g/mol. The van der Waals surface area contributed by atoms with Crippen molar-refractivity contribution in [3.8, 4) is 11.4 Å². The summed E-state index contributed by atoms with van der Waals surface area (Å²) in [6.45, 7) is 8.19. The maximum atomic E-state index is 13.2. The fourth-order valence-corrected chi connectivity index (χ4v) is 3.81. The zero-order valence-electron chi connectivity index (χ0n) is 17.1. The number of amides is 1. The van der Waals surface area contributed by atoms with Crippen LogP contribution in [0, 0.1) is 27.7 Å². The number of likely N-dealkylation sites (tertiary alicyclic amines) is 1. The molecule has 29 heavy (non-hydrogen) atoms. The molecule has 1 unspecified atom stereocenters. The van der Waals surface area contributed by atoms with Gasteiger partial charge >= 0.3 is 0 Å². The molecule has 4 rings (SSSR count). The molecule has 1 aliphatic heterocycles. The van der Waals surface area contributed by atoms with Crippen molar-refractivity contribution < 1.29 is 9.32 Å². The van der Waals surface area contributed by atoms with Crippen molar-refractivity contribution in [3.05, 3.63) is 52.7 Å². The van der Waals surface area contributed by atoms with Gasteiger partial charge in [-0.15, -0.1) is 0 Å². The van der Waals surface area contributed by atoms with Gasteiger partial charge in [0, 0.05) is 18.4 Å². The minimum Gasteiger partial charge on any atom is -0.361 e. The highest BCUT2D eigenvalue weighted by molar-refractivity contribution is 5.92. The summed E-state index contributed by atoms with van der Waals surface area (Å²) in [5.41, 5.74) is 4.39. The number of hydrogen-bond donors (Lipinski definition) is 0. The van der Waals surface area contributed by atoms with Crippen LogP contribution in [0.25, 0.3) is 11.4 Å². The molecule has 8 heteroatoms. The van der Waals surface area contributed by atoms with E-state index in [0.717, 1.165) is 47.6 Å². The number of nitrogens with zero attached hydrogens (tertiary/aromatic N) is 6. The van der Waals surface area contributed by atoms with Gasteiger partial charge in [0.05, 0.1) is 34.9 Å². The maximum absolute atomic E-state index is 13.2. The molecule has 0 aromatic carbocycles. The van der Waals surface area contributed by atoms with Crippen LogP contribution >= 0.6 is 0 Å². The van der Waals surface area contributed by atoms with E-state index in [0.29, 0.717) is 23.8 Å². The van der Waals surface area contributed by atoms with E-state index in [1.54, 1.807) is 12.4 Å². The highest BCUT2D eigenvalue weighted by Crippen LogP contribution is 2.33. The first-order valence-electron chi connectivity index (χ1n) is 9.82. The molecule has 1 fully saturated rings. The molecule has 0 radical (unpaired) electrons. The Kier molecular flexibility index (Phi) is 5.08. The van der Waals surface area contributed by atoms with Gasteiger partial charge in [-0.2, -0.15) is 0 Å². The molecular formula is C21H24N6O2. The van der Waals surface area contributed by atoms with Gasteiger partial charge in [-0.25, -0.2) is 15.0 Å². The second-order valence-corrected chi connectivity index (χ2v) is 7.51. The Hall–Kier alpha value is -3.16. The van der Waals surface area contributed by atoms with E-state index >= 15 is 0 Å². The average molecular weight is 392 g/mol. The van der Waals surface area contributed by atoms with Crippen LogP contribution < -0.4 is 0 Å². The smallest absolute Gasteiger partial charge is 0.274 e. The van der Waals surface area contributed by atoms with Crippen LogP contribution in [0.3, 0.4) is 0 Å². The lowest BCUT2D eigenvalue weighted by Crippen LogP contribution is -2.39. The lowest BCUT2D eigenvalue weighted by Gasteiger charge is -2.35. The van der Waals surface area contributed by atoms with Gasteiger partial charge in [-0.3, -0.25) is 9.78 Å². The highest BCUT2D eigenvalue weighted by atomic mass is 16.5. The SMILES string of the molecule is Cc1cnc(C(=O)N2CCCCC2c2cc(C)nc(-c3c(C)noc3C)n2)cn1. The number of hydrogen-bond acceptors (Lipinski definition) is 7. The molecule has 150 valence electrons. The van der Waals surface area contributed by atoms with E-state index < -0.39 is 0 Å². The third kappa shape index (κ3) is 3.74. The number of carbonyl (C=O) groups is 1. The number of carbonyl (C=O) groups excluding carboxylic acids is 1. The fraction of sp³-hybridized carbons (Fsp3) is 0.429. The van der Waals surface area contributed by atoms with Crippen LogP contribution in [0.2, 0.25) is 0 Å². The Balaban J connectivity index is 1.72. The molecule has 8 nitrogen and oxygen atoms in total. The molecule has 0 spiro atoms. The Labute approximate surface area is 169 Å². The molecule has 3 aromatic rings. The van der Waals surface area contributed by atoms with E-state index in [2.05, 4.69) is 20.1 Å². The van der Waals surface area contributed by atoms with E-state index in [-0.39, 0.29) is 11.9 Å². The Bertz CT molecular complexity index is 1020. The predicted molar refractivity (Wildman–Crippen MR) is 106 cm³/mol. The minimum atomic E-state index is -0.125. The van der Waals surface area contributed by atoms with Crippen molar-refractivity contribution in [1.29, 1.82) is 0 Å². The maximum Gasteiger partial charge on any atom is 0.274 e. The summed E-state index contributed by atoms with van der Waals surface area (Å²) in [6, 6.07) is 1.83. The van der Waals surface area contributed by atoms with Crippen molar-refractivity contribution in [1.82, 2.24) is 30.0 Å². The van der Waals surface area contributed by atoms with Crippen LogP contribution in [0.15, 0.2) is 23.0 Å². The number of aryl methyl sites for hydroxylation is 4. The second-order valence-electron chi connectivity index (χ2n) is 7.51. The molecule has 0 aliphatic carbocycles. The first-order chi connectivity index (χ1) is 13.9. The standard InChI is InChI=1S/C21H24N6O2/c1-12-9-16(25-20(24-12)19-14(3)26-29-15(19)4)18-7-5-6-8-27(18)21(28)17-11-22-13(2)10-23-17/h9-11,18H,5-8H2,1-4H3. The largest absolute Gasteiger partial charge is 0.361 e. The molecule has 0 saturated carbocycles. The van der Waals surface area contributed by atoms with Gasteiger partial charge in [-0.05, 0) is 53.0 Å². The van der Waals surface area contributed by atoms with Gasteiger partial charge in [0.1, 0.15) is 11.5 Å². The minimum absolute atomic E-state index is 0.114. The normalized spacial score (nSPS) is 16.8. The highest BCUT2D eigenvalue weighted by Gasteiger charge is 2.31. The molecule has 4 heterocycles. The van der Waals surface area contributed by atoms with Crippen LogP contribution in [-0.2, 0) is 0 Å². The topological polar surface area (TPSA) is 97.9 Å². The zero-order valence-corrected chi connectivity index (χ0v) is 17.1. The van der Waals surface area contributed by atoms with Gasteiger partial charge in [0.2, 0.25) is 0 Å². The van der Waals surface area contributed by atoms with Gasteiger partial charge < -0.3 is 9.42 Å². The van der Waals surface area contributed by atoms with Gasteiger partial charge in [0.25, 0.3) is 5.91 Å². The zero-order chi connectivity index (χ0) is 20.5. The Morgan fingerprint density at radius 2 is 1.90 bits per heavy atom. The first kappa shape index (κ1) is 19.2. The summed E-state index contributed by atoms with van der Waals surface area (Å²) in [5, 5.41) is 4.02. The molecule has 1 aliphatic rings. The number of piperidine rings is 1. The van der Waals surface area contributed by atoms with E-state index in [9.17, 15) is 4.79 Å². The van der Waals surface area contributed by atoms with Crippen molar-refractivity contribution in [2.24, 2.45) is 0 Å². The van der Waals surface area contributed by atoms with E-state index in [1.165, 1.54) is 0 Å². The number of aromatic nitrogens is 5. The monoisotopic (exact) mass is 392 g/mol. The summed E-state index contributed by atoms with van der Waals surface area (Å²) < 4.78 is 5.29. The van der Waals surface area contributed by atoms with Crippen LogP contribution in [0.4, 0.5) is 0 Å². The third-order valence-corrected chi connectivity index (χ3v) is 5.24. The van der Waals surface area contributed by atoms with Crippen molar-refractivity contribution >= 4 is 5.91 Å². The fourth-order valence-electron chi connectivity index (χ4n) is 3.81. The van der Waals surface area contributed by atoms with Crippen LogP contribution in [0.5, 0.6) is 0 Å². The van der Waals surface area contributed by atoms with Crippen molar-refractivity contribution in [2.75, 3.05) is 6.54 Å². The second kappa shape index (κ2) is 7.69. The number of rotatable bonds is 3. The quantitative estimate of drug-likeness (QED) is 0.672. The summed E-state index contributed by atoms with van der Waals surface area (Å²) in [5.74, 6) is 1.16. The lowest BCUT2D eigenvalue weighted by molar-refractivity contribution is 0.0599. The molecule has 0 N–H and O–H groups in total. The summed E-state index contributed by atoms with van der Waals surface area (Å²) in [7, 11) is 0. The first-order valence-corrected chi connectivity index (χ1v) is 9.82. The molecule has 0 bridgehead atoms. The van der Waals surface area contributed by atoms with E-state index in [1.807, 2.05) is 38.7 Å². The molecule has 1 atom stereocenters. The third-order valence-electron chi connectivity index (χ3n) is 5.24. The van der Waals surface area contributed by atoms with Gasteiger partial charge in [-0.1, -0.05) is 5.16 Å². The molecule has 1 saturated heterocycles. The van der Waals surface area contributed by atoms with Crippen molar-refractivity contribution in [3.63, 3.8) is 0 Å². The van der Waals surface area contributed by atoms with E-state index in [4.69, 9.17) is 9.51 Å².